The molecule has 0 amide bonds. The summed E-state index contributed by atoms with van der Waals surface area (Å²) >= 11 is 5.62. The number of alkyl halides is 2. The fourth-order valence-corrected chi connectivity index (χ4v) is 1.53. The van der Waals surface area contributed by atoms with Gasteiger partial charge in [0.25, 0.3) is 0 Å². The Morgan fingerprint density at radius 2 is 2.11 bits per heavy atom. The number of rotatable bonds is 5. The van der Waals surface area contributed by atoms with Gasteiger partial charge >= 0.3 is 12.6 Å². The first-order valence-electron chi connectivity index (χ1n) is 5.03. The normalized spacial score (nSPS) is 10.6. The molecule has 0 bridgehead atoms. The molecule has 0 saturated heterocycles. The fourth-order valence-electron chi connectivity index (χ4n) is 1.30. The molecule has 1 aromatic rings. The highest BCUT2D eigenvalue weighted by Gasteiger charge is 2.19. The fraction of sp³-hybridized carbons (Fsp3) is 0.364. The standard InChI is InChI=1S/C11H10ClF3O3/c1-2-17-9(16)5-6-8(18-11(14)15)4-3-7(13)10(6)12/h3-4,11H,2,5H2,1H3. The van der Waals surface area contributed by atoms with E-state index in [0.717, 1.165) is 12.1 Å². The van der Waals surface area contributed by atoms with Crippen LogP contribution in [0.4, 0.5) is 13.2 Å². The van der Waals surface area contributed by atoms with Crippen molar-refractivity contribution in [3.63, 3.8) is 0 Å². The number of hydrogen-bond acceptors (Lipinski definition) is 3. The molecule has 0 spiro atoms. The molecule has 100 valence electrons. The van der Waals surface area contributed by atoms with E-state index >= 15 is 0 Å². The van der Waals surface area contributed by atoms with Gasteiger partial charge < -0.3 is 9.47 Å². The Hall–Kier alpha value is -1.43. The molecule has 0 heterocycles. The monoisotopic (exact) mass is 282 g/mol. The van der Waals surface area contributed by atoms with Crippen LogP contribution >= 0.6 is 11.6 Å². The molecule has 0 aliphatic heterocycles. The van der Waals surface area contributed by atoms with Crippen molar-refractivity contribution in [2.24, 2.45) is 0 Å². The minimum atomic E-state index is -3.09. The van der Waals surface area contributed by atoms with Crippen LogP contribution in [0.1, 0.15) is 12.5 Å². The van der Waals surface area contributed by atoms with Gasteiger partial charge in [0, 0.05) is 5.56 Å². The summed E-state index contributed by atoms with van der Waals surface area (Å²) in [5.41, 5.74) is -0.157. The second-order valence-electron chi connectivity index (χ2n) is 3.20. The highest BCUT2D eigenvalue weighted by molar-refractivity contribution is 6.31. The van der Waals surface area contributed by atoms with Gasteiger partial charge in [-0.1, -0.05) is 11.6 Å². The van der Waals surface area contributed by atoms with Crippen LogP contribution in [-0.2, 0) is 16.0 Å². The highest BCUT2D eigenvalue weighted by atomic mass is 35.5. The van der Waals surface area contributed by atoms with Gasteiger partial charge in [-0.25, -0.2) is 4.39 Å². The van der Waals surface area contributed by atoms with Crippen molar-refractivity contribution in [3.8, 4) is 5.75 Å². The smallest absolute Gasteiger partial charge is 0.387 e. The SMILES string of the molecule is CCOC(=O)Cc1c(OC(F)F)ccc(F)c1Cl. The maximum absolute atomic E-state index is 13.2. The van der Waals surface area contributed by atoms with E-state index in [1.54, 1.807) is 6.92 Å². The van der Waals surface area contributed by atoms with Gasteiger partial charge in [0.15, 0.2) is 0 Å². The number of benzene rings is 1. The van der Waals surface area contributed by atoms with Gasteiger partial charge in [0.1, 0.15) is 11.6 Å². The average Bonchev–Trinajstić information content (AvgIpc) is 2.28. The lowest BCUT2D eigenvalue weighted by Crippen LogP contribution is -2.11. The third-order valence-corrected chi connectivity index (χ3v) is 2.40. The Morgan fingerprint density at radius 3 is 2.67 bits per heavy atom. The average molecular weight is 283 g/mol. The van der Waals surface area contributed by atoms with Crippen molar-refractivity contribution in [1.29, 1.82) is 0 Å². The van der Waals surface area contributed by atoms with Crippen LogP contribution in [0.5, 0.6) is 5.75 Å². The van der Waals surface area contributed by atoms with Crippen LogP contribution in [0.2, 0.25) is 5.02 Å². The van der Waals surface area contributed by atoms with Gasteiger partial charge in [-0.15, -0.1) is 0 Å². The van der Waals surface area contributed by atoms with Crippen LogP contribution in [0, 0.1) is 5.82 Å². The molecule has 3 nitrogen and oxygen atoms in total. The molecule has 0 unspecified atom stereocenters. The van der Waals surface area contributed by atoms with E-state index in [2.05, 4.69) is 9.47 Å². The predicted octanol–water partition coefficient (Wildman–Crippen LogP) is 3.19. The van der Waals surface area contributed by atoms with E-state index in [-0.39, 0.29) is 17.9 Å². The van der Waals surface area contributed by atoms with Crippen molar-refractivity contribution in [1.82, 2.24) is 0 Å². The molecule has 1 aromatic carbocycles. The van der Waals surface area contributed by atoms with Gasteiger partial charge in [-0.2, -0.15) is 8.78 Å². The zero-order valence-corrected chi connectivity index (χ0v) is 10.1. The second kappa shape index (κ2) is 6.49. The molecular formula is C11H10ClF3O3. The molecular weight excluding hydrogens is 273 g/mol. The summed E-state index contributed by atoms with van der Waals surface area (Å²) in [6, 6.07) is 1.87. The lowest BCUT2D eigenvalue weighted by molar-refractivity contribution is -0.142. The quantitative estimate of drug-likeness (QED) is 0.778. The summed E-state index contributed by atoms with van der Waals surface area (Å²) in [6.45, 7) is -1.38. The van der Waals surface area contributed by atoms with E-state index in [0.29, 0.717) is 0 Å². The van der Waals surface area contributed by atoms with E-state index in [1.807, 2.05) is 0 Å². The maximum atomic E-state index is 13.2. The predicted molar refractivity (Wildman–Crippen MR) is 58.4 cm³/mol. The Morgan fingerprint density at radius 1 is 1.44 bits per heavy atom. The van der Waals surface area contributed by atoms with Crippen molar-refractivity contribution in [2.75, 3.05) is 6.61 Å². The molecule has 0 aliphatic rings. The van der Waals surface area contributed by atoms with Crippen LogP contribution < -0.4 is 4.74 Å². The van der Waals surface area contributed by atoms with Crippen LogP contribution in [-0.4, -0.2) is 19.2 Å². The molecule has 7 heteroatoms. The summed E-state index contributed by atoms with van der Waals surface area (Å²) in [6.07, 6.45) is -0.438. The molecule has 1 rings (SSSR count). The summed E-state index contributed by atoms with van der Waals surface area (Å²) in [5.74, 6) is -1.87. The van der Waals surface area contributed by atoms with Crippen molar-refractivity contribution in [3.05, 3.63) is 28.5 Å². The zero-order chi connectivity index (χ0) is 13.7. The maximum Gasteiger partial charge on any atom is 0.387 e. The number of hydrogen-bond donors (Lipinski definition) is 0. The lowest BCUT2D eigenvalue weighted by Gasteiger charge is -2.12. The van der Waals surface area contributed by atoms with Gasteiger partial charge in [0.05, 0.1) is 18.1 Å². The Labute approximate surface area is 106 Å². The van der Waals surface area contributed by atoms with E-state index in [4.69, 9.17) is 11.6 Å². The molecule has 0 fully saturated rings. The number of carbonyl (C=O) groups excluding carboxylic acids is 1. The minimum absolute atomic E-state index is 0.122. The summed E-state index contributed by atoms with van der Waals surface area (Å²) in [5, 5.41) is -0.429. The highest BCUT2D eigenvalue weighted by Crippen LogP contribution is 2.30. The third kappa shape index (κ3) is 3.80. The van der Waals surface area contributed by atoms with E-state index < -0.39 is 29.8 Å². The summed E-state index contributed by atoms with van der Waals surface area (Å²) in [7, 11) is 0. The van der Waals surface area contributed by atoms with Crippen LogP contribution in [0.15, 0.2) is 12.1 Å². The summed E-state index contributed by atoms with van der Waals surface area (Å²) in [4.78, 5) is 11.3. The minimum Gasteiger partial charge on any atom is -0.466 e. The lowest BCUT2D eigenvalue weighted by atomic mass is 10.1. The molecule has 0 atom stereocenters. The van der Waals surface area contributed by atoms with Crippen molar-refractivity contribution >= 4 is 17.6 Å². The first-order valence-corrected chi connectivity index (χ1v) is 5.40. The third-order valence-electron chi connectivity index (χ3n) is 2.00. The molecule has 0 radical (unpaired) electrons. The van der Waals surface area contributed by atoms with Gasteiger partial charge in [0.2, 0.25) is 0 Å². The molecule has 0 aliphatic carbocycles. The first kappa shape index (κ1) is 14.6. The zero-order valence-electron chi connectivity index (χ0n) is 9.38. The van der Waals surface area contributed by atoms with Crippen molar-refractivity contribution < 1.29 is 27.4 Å². The first-order chi connectivity index (χ1) is 8.45. The summed E-state index contributed by atoms with van der Waals surface area (Å²) < 4.78 is 46.3. The van der Waals surface area contributed by atoms with Crippen LogP contribution in [0.3, 0.4) is 0 Å². The molecule has 18 heavy (non-hydrogen) atoms. The Balaban J connectivity index is 3.04. The van der Waals surface area contributed by atoms with E-state index in [9.17, 15) is 18.0 Å². The van der Waals surface area contributed by atoms with E-state index in [1.165, 1.54) is 0 Å². The van der Waals surface area contributed by atoms with Crippen LogP contribution in [0.25, 0.3) is 0 Å². The largest absolute Gasteiger partial charge is 0.466 e. The second-order valence-corrected chi connectivity index (χ2v) is 3.58. The Bertz CT molecular complexity index is 438. The van der Waals surface area contributed by atoms with Gasteiger partial charge in [-0.3, -0.25) is 4.79 Å². The number of halogens is 4. The van der Waals surface area contributed by atoms with Gasteiger partial charge in [-0.05, 0) is 19.1 Å². The van der Waals surface area contributed by atoms with Crippen molar-refractivity contribution in [2.45, 2.75) is 20.0 Å². The molecule has 0 saturated carbocycles. The molecule has 0 N–H and O–H groups in total. The Kier molecular flexibility index (Phi) is 5.27. The topological polar surface area (TPSA) is 35.5 Å². The number of esters is 1. The number of ether oxygens (including phenoxy) is 2. The molecule has 0 aromatic heterocycles. The number of carbonyl (C=O) groups is 1.